The van der Waals surface area contributed by atoms with Crippen molar-refractivity contribution in [1.82, 2.24) is 10.3 Å². The number of unbranched alkanes of at least 4 members (excludes halogenated alkanes) is 1. The number of carbonyl (C=O) groups is 2. The lowest BCUT2D eigenvalue weighted by atomic mass is 9.95. The third-order valence-electron chi connectivity index (χ3n) is 6.87. The van der Waals surface area contributed by atoms with Crippen LogP contribution in [0.25, 0.3) is 0 Å². The van der Waals surface area contributed by atoms with E-state index in [0.29, 0.717) is 42.0 Å². The molecular formula is C33H37N3O5S. The van der Waals surface area contributed by atoms with Crippen LogP contribution < -0.4 is 15.4 Å². The maximum atomic E-state index is 13.0. The van der Waals surface area contributed by atoms with Crippen molar-refractivity contribution in [3.63, 3.8) is 0 Å². The van der Waals surface area contributed by atoms with Crippen molar-refractivity contribution in [2.75, 3.05) is 11.9 Å². The molecule has 0 aliphatic carbocycles. The molecule has 0 saturated carbocycles. The van der Waals surface area contributed by atoms with E-state index >= 15 is 0 Å². The number of phenols is 1. The number of aryl methyl sites for hydroxylation is 2. The summed E-state index contributed by atoms with van der Waals surface area (Å²) in [7, 11) is 0. The Bertz CT molecular complexity index is 1450. The summed E-state index contributed by atoms with van der Waals surface area (Å²) >= 11 is 1.44. The highest BCUT2D eigenvalue weighted by molar-refractivity contribution is 7.09. The Labute approximate surface area is 250 Å². The molecule has 42 heavy (non-hydrogen) atoms. The number of rotatable bonds is 13. The molecule has 1 atom stereocenters. The molecular weight excluding hydrogens is 550 g/mol. The average Bonchev–Trinajstić information content (AvgIpc) is 3.50. The van der Waals surface area contributed by atoms with Gasteiger partial charge in [0.25, 0.3) is 5.91 Å². The van der Waals surface area contributed by atoms with Crippen LogP contribution in [0, 0.1) is 13.8 Å². The highest BCUT2D eigenvalue weighted by Gasteiger charge is 2.24. The number of amides is 2. The van der Waals surface area contributed by atoms with Crippen LogP contribution in [-0.4, -0.2) is 28.7 Å². The lowest BCUT2D eigenvalue weighted by molar-refractivity contribution is -0.118. The van der Waals surface area contributed by atoms with E-state index in [1.54, 1.807) is 23.8 Å². The van der Waals surface area contributed by atoms with E-state index in [4.69, 9.17) is 9.47 Å². The molecule has 4 aromatic rings. The number of aromatic hydroxyl groups is 1. The summed E-state index contributed by atoms with van der Waals surface area (Å²) in [5.74, 6) is 0.323. The van der Waals surface area contributed by atoms with Crippen LogP contribution in [0.2, 0.25) is 0 Å². The SMILES string of the molecule is CCCCC(OC(=O)NCc1cncs1)c1ccc(NC(=O)COc2c(C)cccc2C)c(Cc2ccccc2)c1O. The number of nitrogens with zero attached hydrogens (tertiary/aromatic N) is 1. The number of phenolic OH excluding ortho intramolecular Hbond substituents is 1. The summed E-state index contributed by atoms with van der Waals surface area (Å²) in [5.41, 5.74) is 6.06. The van der Waals surface area contributed by atoms with Gasteiger partial charge >= 0.3 is 6.09 Å². The van der Waals surface area contributed by atoms with Gasteiger partial charge in [-0.2, -0.15) is 0 Å². The van der Waals surface area contributed by atoms with E-state index in [1.165, 1.54) is 11.3 Å². The second kappa shape index (κ2) is 15.0. The number of hydrogen-bond donors (Lipinski definition) is 3. The first-order chi connectivity index (χ1) is 20.4. The largest absolute Gasteiger partial charge is 0.507 e. The molecule has 0 saturated heterocycles. The summed E-state index contributed by atoms with van der Waals surface area (Å²) < 4.78 is 11.7. The first-order valence-electron chi connectivity index (χ1n) is 14.0. The molecule has 3 N–H and O–H groups in total. The maximum absolute atomic E-state index is 13.0. The first kappa shape index (κ1) is 30.6. The minimum atomic E-state index is -0.668. The smallest absolute Gasteiger partial charge is 0.408 e. The van der Waals surface area contributed by atoms with E-state index in [2.05, 4.69) is 22.5 Å². The zero-order valence-electron chi connectivity index (χ0n) is 24.2. The number of alkyl carbamates (subject to hydrolysis) is 1. The quantitative estimate of drug-likeness (QED) is 0.152. The summed E-state index contributed by atoms with van der Waals surface area (Å²) in [4.78, 5) is 30.7. The van der Waals surface area contributed by atoms with Gasteiger partial charge in [-0.05, 0) is 55.5 Å². The second-order valence-corrected chi connectivity index (χ2v) is 11.1. The lowest BCUT2D eigenvalue weighted by Gasteiger charge is -2.22. The summed E-state index contributed by atoms with van der Waals surface area (Å²) in [5, 5.41) is 17.3. The van der Waals surface area contributed by atoms with Crippen LogP contribution in [0.4, 0.5) is 10.5 Å². The van der Waals surface area contributed by atoms with Crippen molar-refractivity contribution in [3.8, 4) is 11.5 Å². The minimum Gasteiger partial charge on any atom is -0.507 e. The van der Waals surface area contributed by atoms with Crippen LogP contribution in [0.15, 0.2) is 72.4 Å². The number of hydrogen-bond acceptors (Lipinski definition) is 7. The Kier molecular flexibility index (Phi) is 10.9. The van der Waals surface area contributed by atoms with Crippen LogP contribution in [0.5, 0.6) is 11.5 Å². The molecule has 8 nitrogen and oxygen atoms in total. The van der Waals surface area contributed by atoms with Gasteiger partial charge in [-0.3, -0.25) is 9.78 Å². The number of thiazole rings is 1. The van der Waals surface area contributed by atoms with Gasteiger partial charge in [0.15, 0.2) is 6.61 Å². The molecule has 0 radical (unpaired) electrons. The maximum Gasteiger partial charge on any atom is 0.408 e. The number of nitrogens with one attached hydrogen (secondary N) is 2. The fourth-order valence-corrected chi connectivity index (χ4v) is 5.22. The van der Waals surface area contributed by atoms with Gasteiger partial charge in [0, 0.05) is 34.3 Å². The third kappa shape index (κ3) is 8.33. The van der Waals surface area contributed by atoms with Crippen LogP contribution in [0.3, 0.4) is 0 Å². The van der Waals surface area contributed by atoms with Gasteiger partial charge in [0.05, 0.1) is 12.1 Å². The summed E-state index contributed by atoms with van der Waals surface area (Å²) in [6, 6.07) is 19.0. The number of benzene rings is 3. The molecule has 0 aliphatic heterocycles. The zero-order chi connectivity index (χ0) is 29.9. The van der Waals surface area contributed by atoms with E-state index in [1.807, 2.05) is 62.4 Å². The molecule has 220 valence electrons. The number of aromatic nitrogens is 1. The minimum absolute atomic E-state index is 0.0105. The number of ether oxygens (including phenoxy) is 2. The van der Waals surface area contributed by atoms with Crippen molar-refractivity contribution < 1.29 is 24.2 Å². The van der Waals surface area contributed by atoms with Gasteiger partial charge in [-0.25, -0.2) is 4.79 Å². The first-order valence-corrected chi connectivity index (χ1v) is 14.9. The molecule has 0 aliphatic rings. The number of anilines is 1. The standard InChI is InChI=1S/C33H37N3O5S/c1-4-5-14-29(41-33(39)35-19-25-18-34-21-42-25)26-15-16-28(27(31(26)38)17-24-12-7-6-8-13-24)36-30(37)20-40-32-22(2)10-9-11-23(32)3/h6-13,15-16,18,21,29,38H,4-5,14,17,19-20H2,1-3H3,(H,35,39)(H,36,37). The molecule has 0 spiro atoms. The normalized spacial score (nSPS) is 11.5. The van der Waals surface area contributed by atoms with Gasteiger partial charge < -0.3 is 25.2 Å². The Hall–Kier alpha value is -4.37. The molecule has 1 aromatic heterocycles. The third-order valence-corrected chi connectivity index (χ3v) is 7.65. The van der Waals surface area contributed by atoms with Crippen LogP contribution >= 0.6 is 11.3 Å². The molecule has 9 heteroatoms. The van der Waals surface area contributed by atoms with Crippen molar-refractivity contribution >= 4 is 29.0 Å². The molecule has 4 rings (SSSR count). The van der Waals surface area contributed by atoms with Gasteiger partial charge in [0.2, 0.25) is 0 Å². The van der Waals surface area contributed by atoms with Crippen molar-refractivity contribution in [1.29, 1.82) is 0 Å². The molecule has 1 heterocycles. The van der Waals surface area contributed by atoms with Crippen molar-refractivity contribution in [2.45, 2.75) is 59.1 Å². The molecule has 0 fully saturated rings. The highest BCUT2D eigenvalue weighted by atomic mass is 32.1. The zero-order valence-corrected chi connectivity index (χ0v) is 25.0. The Morgan fingerprint density at radius 3 is 2.48 bits per heavy atom. The monoisotopic (exact) mass is 587 g/mol. The Morgan fingerprint density at radius 1 is 1.02 bits per heavy atom. The van der Waals surface area contributed by atoms with Crippen LogP contribution in [-0.2, 0) is 22.5 Å². The van der Waals surface area contributed by atoms with E-state index in [0.717, 1.165) is 34.4 Å². The Morgan fingerprint density at radius 2 is 1.79 bits per heavy atom. The van der Waals surface area contributed by atoms with Gasteiger partial charge in [-0.1, -0.05) is 61.9 Å². The topological polar surface area (TPSA) is 110 Å². The Balaban J connectivity index is 1.57. The van der Waals surface area contributed by atoms with E-state index < -0.39 is 12.2 Å². The highest BCUT2D eigenvalue weighted by Crippen LogP contribution is 2.38. The number of carbonyl (C=O) groups excluding carboxylic acids is 2. The molecule has 2 amide bonds. The second-order valence-electron chi connectivity index (χ2n) is 10.1. The lowest BCUT2D eigenvalue weighted by Crippen LogP contribution is -2.25. The van der Waals surface area contributed by atoms with E-state index in [-0.39, 0.29) is 18.3 Å². The number of para-hydroxylation sites is 1. The fraction of sp³-hybridized carbons (Fsp3) is 0.303. The van der Waals surface area contributed by atoms with Gasteiger partial charge in [0.1, 0.15) is 17.6 Å². The molecule has 0 bridgehead atoms. The molecule has 3 aromatic carbocycles. The summed E-state index contributed by atoms with van der Waals surface area (Å²) in [6.45, 7) is 6.06. The van der Waals surface area contributed by atoms with Gasteiger partial charge in [-0.15, -0.1) is 11.3 Å². The van der Waals surface area contributed by atoms with E-state index in [9.17, 15) is 14.7 Å². The summed E-state index contributed by atoms with van der Waals surface area (Å²) in [6.07, 6.45) is 3.06. The van der Waals surface area contributed by atoms with Crippen LogP contribution in [0.1, 0.15) is 65.0 Å². The average molecular weight is 588 g/mol. The predicted octanol–water partition coefficient (Wildman–Crippen LogP) is 7.23. The predicted molar refractivity (Wildman–Crippen MR) is 165 cm³/mol. The van der Waals surface area contributed by atoms with Crippen molar-refractivity contribution in [3.05, 3.63) is 105 Å². The fourth-order valence-electron chi connectivity index (χ4n) is 4.69. The molecule has 1 unspecified atom stereocenters. The van der Waals surface area contributed by atoms with Crippen molar-refractivity contribution in [2.24, 2.45) is 0 Å².